The highest BCUT2D eigenvalue weighted by atomic mass is 32.2. The predicted octanol–water partition coefficient (Wildman–Crippen LogP) is 0.333. The van der Waals surface area contributed by atoms with Gasteiger partial charge in [0.25, 0.3) is 0 Å². The highest BCUT2D eigenvalue weighted by molar-refractivity contribution is 7.91. The molecule has 0 aromatic rings. The van der Waals surface area contributed by atoms with Crippen molar-refractivity contribution < 1.29 is 8.42 Å². The van der Waals surface area contributed by atoms with Crippen molar-refractivity contribution in [3.63, 3.8) is 0 Å². The Balaban J connectivity index is 2.77. The van der Waals surface area contributed by atoms with Gasteiger partial charge in [0.15, 0.2) is 15.1 Å². The highest BCUT2D eigenvalue weighted by Crippen LogP contribution is 2.35. The molecule has 0 radical (unpaired) electrons. The summed E-state index contributed by atoms with van der Waals surface area (Å²) in [6.07, 6.45) is 2.91. The minimum atomic E-state index is -3.11. The van der Waals surface area contributed by atoms with Gasteiger partial charge in [0.1, 0.15) is 0 Å². The molecule has 0 saturated heterocycles. The molecular weight excluding hydrogens is 150 g/mol. The topological polar surface area (TPSA) is 57.9 Å². The van der Waals surface area contributed by atoms with Crippen LogP contribution in [0.4, 0.5) is 0 Å². The van der Waals surface area contributed by atoms with Gasteiger partial charge in [-0.3, -0.25) is 0 Å². The lowest BCUT2D eigenvalue weighted by Crippen LogP contribution is -2.19. The van der Waals surface area contributed by atoms with E-state index in [-0.39, 0.29) is 5.92 Å². The number of nitrogens with zero attached hydrogens (tertiary/aromatic N) is 1. The zero-order chi connectivity index (χ0) is 7.78. The van der Waals surface area contributed by atoms with Crippen molar-refractivity contribution in [3.05, 3.63) is 0 Å². The molecule has 1 aliphatic rings. The lowest BCUT2D eigenvalue weighted by molar-refractivity contribution is 0.589. The smallest absolute Gasteiger partial charge is 0.163 e. The largest absolute Gasteiger partial charge is 0.228 e. The van der Waals surface area contributed by atoms with E-state index in [2.05, 4.69) is 0 Å². The van der Waals surface area contributed by atoms with Crippen LogP contribution >= 0.6 is 0 Å². The zero-order valence-electron chi connectivity index (χ0n) is 5.74. The van der Waals surface area contributed by atoms with E-state index in [1.165, 1.54) is 0 Å². The lowest BCUT2D eigenvalue weighted by atomic mass is 10.3. The number of rotatable bonds is 2. The average molecular weight is 159 g/mol. The molecular formula is C6H9NO2S. The van der Waals surface area contributed by atoms with E-state index in [0.717, 1.165) is 19.1 Å². The van der Waals surface area contributed by atoms with Crippen LogP contribution in [0.2, 0.25) is 0 Å². The van der Waals surface area contributed by atoms with E-state index in [0.29, 0.717) is 0 Å². The summed E-state index contributed by atoms with van der Waals surface area (Å²) in [5.74, 6) is 0.125. The molecule has 0 amide bonds. The fourth-order valence-electron chi connectivity index (χ4n) is 0.950. The fraction of sp³-hybridized carbons (Fsp3) is 0.833. The monoisotopic (exact) mass is 159 g/mol. The van der Waals surface area contributed by atoms with Gasteiger partial charge in [-0.1, -0.05) is 0 Å². The summed E-state index contributed by atoms with van der Waals surface area (Å²) in [6, 6.07) is 1.82. The van der Waals surface area contributed by atoms with Crippen molar-refractivity contribution in [2.24, 2.45) is 5.92 Å². The fourth-order valence-corrected chi connectivity index (χ4v) is 2.11. The summed E-state index contributed by atoms with van der Waals surface area (Å²) < 4.78 is 21.6. The predicted molar refractivity (Wildman–Crippen MR) is 37.0 cm³/mol. The van der Waals surface area contributed by atoms with E-state index in [9.17, 15) is 8.42 Å². The van der Waals surface area contributed by atoms with Gasteiger partial charge < -0.3 is 0 Å². The minimum absolute atomic E-state index is 0.125. The number of sulfone groups is 1. The second-order valence-electron chi connectivity index (χ2n) is 2.72. The summed E-state index contributed by atoms with van der Waals surface area (Å²) >= 11 is 0. The molecule has 10 heavy (non-hydrogen) atoms. The molecule has 1 fully saturated rings. The molecule has 0 bridgehead atoms. The first-order chi connectivity index (χ1) is 4.55. The van der Waals surface area contributed by atoms with Gasteiger partial charge in [-0.25, -0.2) is 8.42 Å². The quantitative estimate of drug-likeness (QED) is 0.583. The van der Waals surface area contributed by atoms with Crippen LogP contribution < -0.4 is 0 Å². The van der Waals surface area contributed by atoms with Crippen LogP contribution in [0.1, 0.15) is 12.8 Å². The van der Waals surface area contributed by atoms with Crippen molar-refractivity contribution in [2.45, 2.75) is 18.1 Å². The normalized spacial score (nSPS) is 21.6. The standard InChI is InChI=1S/C6H9NO2S/c1-10(8,9)6(4-7)5-2-3-5/h5-6H,2-3H2,1H3/t6-/m0/s1. The molecule has 1 aliphatic carbocycles. The summed E-state index contributed by atoms with van der Waals surface area (Å²) in [7, 11) is -3.11. The highest BCUT2D eigenvalue weighted by Gasteiger charge is 2.37. The molecule has 0 aromatic heterocycles. The maximum Gasteiger partial charge on any atom is 0.163 e. The SMILES string of the molecule is CS(=O)(=O)[C@@H](C#N)C1CC1. The minimum Gasteiger partial charge on any atom is -0.228 e. The Labute approximate surface area is 60.6 Å². The second kappa shape index (κ2) is 2.24. The van der Waals surface area contributed by atoms with Crippen LogP contribution in [-0.4, -0.2) is 19.9 Å². The Morgan fingerprint density at radius 1 is 1.60 bits per heavy atom. The molecule has 3 nitrogen and oxygen atoms in total. The molecule has 0 unspecified atom stereocenters. The lowest BCUT2D eigenvalue weighted by Gasteiger charge is -2.01. The van der Waals surface area contributed by atoms with Crippen LogP contribution in [0.3, 0.4) is 0 Å². The van der Waals surface area contributed by atoms with Gasteiger partial charge in [0, 0.05) is 6.26 Å². The summed E-state index contributed by atoms with van der Waals surface area (Å²) in [5, 5.41) is 7.70. The van der Waals surface area contributed by atoms with Gasteiger partial charge in [-0.15, -0.1) is 0 Å². The van der Waals surface area contributed by atoms with Gasteiger partial charge in [0.05, 0.1) is 6.07 Å². The van der Waals surface area contributed by atoms with Gasteiger partial charge in [0.2, 0.25) is 0 Å². The maximum atomic E-state index is 10.8. The third-order valence-corrected chi connectivity index (χ3v) is 3.05. The van der Waals surface area contributed by atoms with Crippen LogP contribution in [0.15, 0.2) is 0 Å². The van der Waals surface area contributed by atoms with E-state index in [4.69, 9.17) is 5.26 Å². The molecule has 1 saturated carbocycles. The van der Waals surface area contributed by atoms with Crippen molar-refractivity contribution in [1.29, 1.82) is 5.26 Å². The van der Waals surface area contributed by atoms with Crippen LogP contribution in [0, 0.1) is 17.2 Å². The molecule has 0 N–H and O–H groups in total. The second-order valence-corrected chi connectivity index (χ2v) is 4.88. The van der Waals surface area contributed by atoms with E-state index < -0.39 is 15.1 Å². The third-order valence-electron chi connectivity index (χ3n) is 1.64. The molecule has 0 heterocycles. The van der Waals surface area contributed by atoms with Gasteiger partial charge in [-0.05, 0) is 18.8 Å². The van der Waals surface area contributed by atoms with Crippen molar-refractivity contribution in [2.75, 3.05) is 6.26 Å². The van der Waals surface area contributed by atoms with Crippen molar-refractivity contribution in [3.8, 4) is 6.07 Å². The van der Waals surface area contributed by atoms with Crippen LogP contribution in [0.5, 0.6) is 0 Å². The van der Waals surface area contributed by atoms with Crippen LogP contribution in [0.25, 0.3) is 0 Å². The Bertz CT molecular complexity index is 258. The molecule has 4 heteroatoms. The average Bonchev–Trinajstić information content (AvgIpc) is 2.46. The first kappa shape index (κ1) is 7.55. The van der Waals surface area contributed by atoms with E-state index in [1.54, 1.807) is 0 Å². The van der Waals surface area contributed by atoms with Crippen molar-refractivity contribution >= 4 is 9.84 Å². The number of hydrogen-bond donors (Lipinski definition) is 0. The number of hydrogen-bond acceptors (Lipinski definition) is 3. The third kappa shape index (κ3) is 1.48. The Hall–Kier alpha value is -0.560. The Morgan fingerprint density at radius 2 is 2.10 bits per heavy atom. The maximum absolute atomic E-state index is 10.8. The summed E-state index contributed by atoms with van der Waals surface area (Å²) in [4.78, 5) is 0. The molecule has 56 valence electrons. The van der Waals surface area contributed by atoms with E-state index >= 15 is 0 Å². The number of nitriles is 1. The molecule has 1 atom stereocenters. The zero-order valence-corrected chi connectivity index (χ0v) is 6.56. The molecule has 0 aliphatic heterocycles. The summed E-state index contributed by atoms with van der Waals surface area (Å²) in [5.41, 5.74) is 0. The first-order valence-electron chi connectivity index (χ1n) is 3.14. The van der Waals surface area contributed by atoms with Gasteiger partial charge in [-0.2, -0.15) is 5.26 Å². The Kier molecular flexibility index (Phi) is 1.69. The summed E-state index contributed by atoms with van der Waals surface area (Å²) in [6.45, 7) is 0. The van der Waals surface area contributed by atoms with E-state index in [1.807, 2.05) is 6.07 Å². The Morgan fingerprint density at radius 3 is 2.20 bits per heavy atom. The first-order valence-corrected chi connectivity index (χ1v) is 5.09. The van der Waals surface area contributed by atoms with Crippen molar-refractivity contribution in [1.82, 2.24) is 0 Å². The molecule has 0 spiro atoms. The molecule has 0 aromatic carbocycles. The molecule has 1 rings (SSSR count). The van der Waals surface area contributed by atoms with Crippen LogP contribution in [-0.2, 0) is 9.84 Å². The van der Waals surface area contributed by atoms with Gasteiger partial charge >= 0.3 is 0 Å².